The maximum atomic E-state index is 13.4. The summed E-state index contributed by atoms with van der Waals surface area (Å²) in [5.74, 6) is -1.28. The van der Waals surface area contributed by atoms with Crippen LogP contribution < -0.4 is 5.32 Å². The Morgan fingerprint density at radius 3 is 2.23 bits per heavy atom. The first-order valence-electron chi connectivity index (χ1n) is 10.8. The number of carbonyl (C=O) groups is 2. The quantitative estimate of drug-likeness (QED) is 0.729. The van der Waals surface area contributed by atoms with Crippen LogP contribution in [0.25, 0.3) is 0 Å². The van der Waals surface area contributed by atoms with Crippen LogP contribution in [0.2, 0.25) is 0 Å². The van der Waals surface area contributed by atoms with Gasteiger partial charge < -0.3 is 15.1 Å². The summed E-state index contributed by atoms with van der Waals surface area (Å²) in [5, 5.41) is 2.57. The Morgan fingerprint density at radius 1 is 1.03 bits per heavy atom. The minimum absolute atomic E-state index is 0.0515. The summed E-state index contributed by atoms with van der Waals surface area (Å²) in [6, 6.07) is 11.3. The molecule has 1 atom stereocenters. The number of β-lactam (4-membered cyclic amide) rings is 1. The topological polar surface area (TPSA) is 52.7 Å². The molecule has 0 radical (unpaired) electrons. The van der Waals surface area contributed by atoms with Crippen LogP contribution in [0.3, 0.4) is 0 Å². The fourth-order valence-corrected chi connectivity index (χ4v) is 5.07. The van der Waals surface area contributed by atoms with Crippen LogP contribution in [0.4, 0.5) is 19.3 Å². The van der Waals surface area contributed by atoms with Crippen molar-refractivity contribution in [2.75, 3.05) is 18.4 Å². The highest BCUT2D eigenvalue weighted by atomic mass is 19.1. The molecule has 2 aromatic rings. The first-order valence-corrected chi connectivity index (χ1v) is 10.8. The molecule has 0 aromatic heterocycles. The Hall–Kier alpha value is -2.96. The number of carbonyl (C=O) groups excluding carboxylic acids is 2. The van der Waals surface area contributed by atoms with Gasteiger partial charge in [-0.25, -0.2) is 13.6 Å². The molecule has 3 aliphatic rings. The van der Waals surface area contributed by atoms with Crippen molar-refractivity contribution in [3.63, 3.8) is 0 Å². The average Bonchev–Trinajstić information content (AvgIpc) is 3.56. The molecule has 2 heterocycles. The van der Waals surface area contributed by atoms with Gasteiger partial charge in [0.1, 0.15) is 11.6 Å². The molecule has 2 aliphatic heterocycles. The van der Waals surface area contributed by atoms with Crippen molar-refractivity contribution in [3.05, 3.63) is 65.2 Å². The van der Waals surface area contributed by atoms with E-state index in [4.69, 9.17) is 0 Å². The molecule has 2 aromatic carbocycles. The zero-order valence-electron chi connectivity index (χ0n) is 17.4. The number of rotatable bonds is 3. The molecule has 162 valence electrons. The largest absolute Gasteiger partial charge is 0.331 e. The second-order valence-electron chi connectivity index (χ2n) is 8.99. The van der Waals surface area contributed by atoms with Gasteiger partial charge in [0.15, 0.2) is 0 Å². The van der Waals surface area contributed by atoms with Gasteiger partial charge in [-0.1, -0.05) is 29.8 Å². The van der Waals surface area contributed by atoms with E-state index in [-0.39, 0.29) is 17.6 Å². The van der Waals surface area contributed by atoms with E-state index in [1.54, 1.807) is 4.90 Å². The Morgan fingerprint density at radius 2 is 1.65 bits per heavy atom. The number of hydrogen-bond donors (Lipinski definition) is 1. The van der Waals surface area contributed by atoms with E-state index in [2.05, 4.69) is 34.5 Å². The summed E-state index contributed by atoms with van der Waals surface area (Å²) in [4.78, 5) is 29.5. The summed E-state index contributed by atoms with van der Waals surface area (Å²) in [7, 11) is 0. The average molecular weight is 425 g/mol. The fraction of sp³-hybridized carbons (Fsp3) is 0.417. The van der Waals surface area contributed by atoms with Crippen molar-refractivity contribution < 1.29 is 18.4 Å². The number of nitrogens with zero attached hydrogens (tertiary/aromatic N) is 2. The molecule has 1 unspecified atom stereocenters. The number of hydrogen-bond acceptors (Lipinski definition) is 2. The third-order valence-electron chi connectivity index (χ3n) is 6.85. The van der Waals surface area contributed by atoms with Crippen molar-refractivity contribution in [1.82, 2.24) is 9.80 Å². The second-order valence-corrected chi connectivity index (χ2v) is 8.99. The standard InChI is InChI=1S/C24H25F2N3O2/c1-15-2-4-16(5-3-15)21-24(22(30)29(21)20-6-7-20)8-10-28(11-9-24)23(31)27-19-13-17(25)12-18(26)14-19/h2-5,12-14,20-21H,6-11H2,1H3,(H,27,31). The minimum Gasteiger partial charge on any atom is -0.331 e. The van der Waals surface area contributed by atoms with E-state index < -0.39 is 23.1 Å². The Bertz CT molecular complexity index is 1010. The van der Waals surface area contributed by atoms with E-state index in [9.17, 15) is 18.4 Å². The summed E-state index contributed by atoms with van der Waals surface area (Å²) in [6.45, 7) is 2.90. The van der Waals surface area contributed by atoms with Gasteiger partial charge >= 0.3 is 6.03 Å². The fourth-order valence-electron chi connectivity index (χ4n) is 5.07. The molecule has 31 heavy (non-hydrogen) atoms. The number of urea groups is 1. The molecular formula is C24H25F2N3O2. The highest BCUT2D eigenvalue weighted by molar-refractivity contribution is 5.93. The van der Waals surface area contributed by atoms with Crippen LogP contribution in [-0.4, -0.2) is 40.9 Å². The van der Waals surface area contributed by atoms with Gasteiger partial charge in [-0.05, 0) is 50.3 Å². The number of aryl methyl sites for hydroxylation is 1. The lowest BCUT2D eigenvalue weighted by molar-refractivity contribution is -0.181. The van der Waals surface area contributed by atoms with Gasteiger partial charge in [0.2, 0.25) is 5.91 Å². The number of anilines is 1. The van der Waals surface area contributed by atoms with Crippen LogP contribution in [0.15, 0.2) is 42.5 Å². The third kappa shape index (κ3) is 3.46. The van der Waals surface area contributed by atoms with Gasteiger partial charge in [0, 0.05) is 30.9 Å². The molecule has 3 fully saturated rings. The number of piperidine rings is 1. The second kappa shape index (κ2) is 7.32. The minimum atomic E-state index is -0.742. The normalized spacial score (nSPS) is 22.4. The molecule has 7 heteroatoms. The third-order valence-corrected chi connectivity index (χ3v) is 6.85. The van der Waals surface area contributed by atoms with Gasteiger partial charge in [-0.3, -0.25) is 4.79 Å². The first-order chi connectivity index (χ1) is 14.9. The monoisotopic (exact) mass is 425 g/mol. The SMILES string of the molecule is Cc1ccc(C2N(C3CC3)C(=O)C23CCN(C(=O)Nc2cc(F)cc(F)c2)CC3)cc1. The smallest absolute Gasteiger partial charge is 0.321 e. The molecule has 5 rings (SSSR count). The van der Waals surface area contributed by atoms with E-state index in [0.717, 1.165) is 36.6 Å². The van der Waals surface area contributed by atoms with Crippen molar-refractivity contribution in [2.45, 2.75) is 44.7 Å². The van der Waals surface area contributed by atoms with E-state index in [1.807, 2.05) is 6.92 Å². The highest BCUT2D eigenvalue weighted by Crippen LogP contribution is 2.59. The summed E-state index contributed by atoms with van der Waals surface area (Å²) in [5.41, 5.74) is 1.95. The summed E-state index contributed by atoms with van der Waals surface area (Å²) >= 11 is 0. The highest BCUT2D eigenvalue weighted by Gasteiger charge is 2.64. The molecule has 0 bridgehead atoms. The van der Waals surface area contributed by atoms with Crippen LogP contribution in [0.1, 0.15) is 42.9 Å². The van der Waals surface area contributed by atoms with Crippen molar-refractivity contribution in [1.29, 1.82) is 0 Å². The van der Waals surface area contributed by atoms with Crippen molar-refractivity contribution >= 4 is 17.6 Å². The molecular weight excluding hydrogens is 400 g/mol. The lowest BCUT2D eigenvalue weighted by Gasteiger charge is -2.59. The number of likely N-dealkylation sites (tertiary alicyclic amines) is 2. The predicted molar refractivity (Wildman–Crippen MR) is 112 cm³/mol. The van der Waals surface area contributed by atoms with Gasteiger partial charge in [-0.15, -0.1) is 0 Å². The molecule has 5 nitrogen and oxygen atoms in total. The Kier molecular flexibility index (Phi) is 4.72. The summed E-state index contributed by atoms with van der Waals surface area (Å²) < 4.78 is 26.8. The summed E-state index contributed by atoms with van der Waals surface area (Å²) in [6.07, 6.45) is 3.28. The lowest BCUT2D eigenvalue weighted by Crippen LogP contribution is -2.67. The van der Waals surface area contributed by atoms with Crippen molar-refractivity contribution in [3.8, 4) is 0 Å². The first kappa shape index (κ1) is 20.0. The molecule has 1 N–H and O–H groups in total. The van der Waals surface area contributed by atoms with Crippen LogP contribution >= 0.6 is 0 Å². The van der Waals surface area contributed by atoms with Crippen LogP contribution in [0, 0.1) is 24.0 Å². The van der Waals surface area contributed by atoms with Gasteiger partial charge in [0.05, 0.1) is 11.5 Å². The molecule has 2 saturated heterocycles. The molecule has 1 saturated carbocycles. The molecule has 1 aliphatic carbocycles. The van der Waals surface area contributed by atoms with E-state index in [1.165, 1.54) is 5.56 Å². The zero-order valence-corrected chi connectivity index (χ0v) is 17.4. The maximum absolute atomic E-state index is 13.4. The van der Waals surface area contributed by atoms with E-state index >= 15 is 0 Å². The number of amides is 3. The molecule has 3 amide bonds. The van der Waals surface area contributed by atoms with Gasteiger partial charge in [-0.2, -0.15) is 0 Å². The van der Waals surface area contributed by atoms with Crippen LogP contribution in [0.5, 0.6) is 0 Å². The number of halogens is 2. The zero-order chi connectivity index (χ0) is 21.8. The maximum Gasteiger partial charge on any atom is 0.321 e. The predicted octanol–water partition coefficient (Wildman–Crippen LogP) is 4.63. The number of benzene rings is 2. The van der Waals surface area contributed by atoms with E-state index in [0.29, 0.717) is 32.0 Å². The Balaban J connectivity index is 1.31. The number of nitrogens with one attached hydrogen (secondary N) is 1. The van der Waals surface area contributed by atoms with Crippen molar-refractivity contribution in [2.24, 2.45) is 5.41 Å². The van der Waals surface area contributed by atoms with Crippen LogP contribution in [-0.2, 0) is 4.79 Å². The lowest BCUT2D eigenvalue weighted by atomic mass is 9.62. The Labute approximate surface area is 180 Å². The van der Waals surface area contributed by atoms with Gasteiger partial charge in [0.25, 0.3) is 0 Å². The molecule has 1 spiro atoms.